The van der Waals surface area contributed by atoms with Gasteiger partial charge >= 0.3 is 12.4 Å². The molecule has 13 heteroatoms. The third kappa shape index (κ3) is 5.45. The van der Waals surface area contributed by atoms with Crippen LogP contribution in [0.25, 0.3) is 0 Å². The van der Waals surface area contributed by atoms with Crippen LogP contribution < -0.4 is 4.90 Å². The van der Waals surface area contributed by atoms with Gasteiger partial charge in [0.25, 0.3) is 0 Å². The molecule has 4 fully saturated rings. The van der Waals surface area contributed by atoms with E-state index in [0.717, 1.165) is 18.7 Å². The number of nitrogens with zero attached hydrogens (tertiary/aromatic N) is 4. The van der Waals surface area contributed by atoms with Gasteiger partial charge in [0, 0.05) is 33.0 Å². The minimum absolute atomic E-state index is 0.0168. The number of aromatic nitrogens is 2. The van der Waals surface area contributed by atoms with Crippen LogP contribution in [-0.2, 0) is 20.4 Å². The van der Waals surface area contributed by atoms with Crippen LogP contribution in [0, 0.1) is 17.3 Å². The number of fused-ring (bicyclic) bond motifs is 2. The summed E-state index contributed by atoms with van der Waals surface area (Å²) in [5.74, 6) is -0.393. The van der Waals surface area contributed by atoms with Crippen LogP contribution in [0.5, 0.6) is 0 Å². The smallest absolute Gasteiger partial charge is 0.379 e. The Morgan fingerprint density at radius 3 is 2.63 bits per heavy atom. The van der Waals surface area contributed by atoms with Crippen LogP contribution >= 0.6 is 0 Å². The number of halogens is 6. The summed E-state index contributed by atoms with van der Waals surface area (Å²) in [6, 6.07) is 0.0701. The molecule has 3 aliphatic heterocycles. The highest BCUT2D eigenvalue weighted by Crippen LogP contribution is 2.53. The van der Waals surface area contributed by atoms with Gasteiger partial charge in [-0.3, -0.25) is 4.79 Å². The van der Waals surface area contributed by atoms with E-state index in [9.17, 15) is 31.1 Å². The monoisotopic (exact) mass is 550 g/mol. The molecule has 1 amide bonds. The number of amides is 1. The van der Waals surface area contributed by atoms with Gasteiger partial charge in [-0.25, -0.2) is 9.97 Å². The Morgan fingerprint density at radius 1 is 1.18 bits per heavy atom. The van der Waals surface area contributed by atoms with E-state index in [1.54, 1.807) is 12.0 Å². The van der Waals surface area contributed by atoms with Gasteiger partial charge in [0.2, 0.25) is 11.9 Å². The number of carbonyl (C=O) groups excluding carboxylic acids is 1. The summed E-state index contributed by atoms with van der Waals surface area (Å²) in [6.07, 6.45) is -6.50. The largest absolute Gasteiger partial charge is 0.433 e. The highest BCUT2D eigenvalue weighted by Gasteiger charge is 2.57. The number of rotatable bonds is 6. The fourth-order valence-electron chi connectivity index (χ4n) is 7.08. The van der Waals surface area contributed by atoms with Crippen LogP contribution in [0.1, 0.15) is 50.6 Å². The Labute approximate surface area is 216 Å². The molecule has 4 aliphatic rings. The van der Waals surface area contributed by atoms with Crippen LogP contribution in [-0.4, -0.2) is 78.6 Å². The first kappa shape index (κ1) is 27.4. The number of anilines is 1. The van der Waals surface area contributed by atoms with Crippen LogP contribution in [0.3, 0.4) is 0 Å². The first-order valence-corrected chi connectivity index (χ1v) is 13.0. The second kappa shape index (κ2) is 10.1. The molecule has 1 aromatic rings. The Hall–Kier alpha value is -2.15. The van der Waals surface area contributed by atoms with E-state index in [0.29, 0.717) is 32.5 Å². The van der Waals surface area contributed by atoms with E-state index in [4.69, 9.17) is 9.47 Å². The molecular formula is C25H32F6N4O3. The summed E-state index contributed by atoms with van der Waals surface area (Å²) < 4.78 is 91.7. The molecule has 0 unspecified atom stereocenters. The van der Waals surface area contributed by atoms with Gasteiger partial charge in [-0.05, 0) is 56.4 Å². The van der Waals surface area contributed by atoms with Gasteiger partial charge in [-0.2, -0.15) is 26.3 Å². The SMILES string of the molecule is CO[C@@H]1COCC[C@@H]1C[C@@H]1CC[C@](CC(F)(F)F)(C(=O)N2C[C@@H]3C[C@H]2CN3c2nccc(C(F)(F)F)n2)C1. The van der Waals surface area contributed by atoms with Crippen LogP contribution in [0.15, 0.2) is 12.3 Å². The first-order chi connectivity index (χ1) is 17.9. The van der Waals surface area contributed by atoms with Gasteiger partial charge in [-0.15, -0.1) is 0 Å². The van der Waals surface area contributed by atoms with Crippen molar-refractivity contribution in [3.63, 3.8) is 0 Å². The van der Waals surface area contributed by atoms with Crippen molar-refractivity contribution in [2.24, 2.45) is 17.3 Å². The maximum Gasteiger partial charge on any atom is 0.433 e. The average Bonchev–Trinajstić information content (AvgIpc) is 3.58. The molecule has 4 heterocycles. The Balaban J connectivity index is 1.29. The zero-order valence-corrected chi connectivity index (χ0v) is 21.1. The standard InChI is InChI=1S/C25H32F6N4O3/c1-37-19-13-38-7-4-16(19)8-15-2-5-23(10-15,14-24(26,27)28)21(36)34-11-18-9-17(34)12-35(18)22-32-6-3-20(33-22)25(29,30)31/h3,6,15-19H,2,4-5,7-14H2,1H3/t15-,16+,17-,18-,19+,23-/m0/s1. The van der Waals surface area contributed by atoms with Crippen molar-refractivity contribution in [1.29, 1.82) is 0 Å². The van der Waals surface area contributed by atoms with E-state index < -0.39 is 35.8 Å². The molecule has 1 aliphatic carbocycles. The Bertz CT molecular complexity index is 1020. The number of methoxy groups -OCH3 is 1. The highest BCUT2D eigenvalue weighted by molar-refractivity contribution is 5.84. The number of hydrogen-bond acceptors (Lipinski definition) is 6. The number of likely N-dealkylation sites (tertiary alicyclic amines) is 1. The third-order valence-electron chi connectivity index (χ3n) is 8.77. The molecule has 7 nitrogen and oxygen atoms in total. The second-order valence-electron chi connectivity index (χ2n) is 11.2. The fourth-order valence-corrected chi connectivity index (χ4v) is 7.08. The summed E-state index contributed by atoms with van der Waals surface area (Å²) in [5.41, 5.74) is -2.57. The van der Waals surface area contributed by atoms with Crippen molar-refractivity contribution in [3.8, 4) is 0 Å². The molecule has 1 saturated carbocycles. The van der Waals surface area contributed by atoms with Crippen molar-refractivity contribution < 1.29 is 40.6 Å². The lowest BCUT2D eigenvalue weighted by Gasteiger charge is -2.40. The van der Waals surface area contributed by atoms with E-state index in [-0.39, 0.29) is 61.9 Å². The molecule has 5 rings (SSSR count). The molecule has 0 aromatic carbocycles. The number of alkyl halides is 6. The molecular weight excluding hydrogens is 518 g/mol. The predicted molar refractivity (Wildman–Crippen MR) is 123 cm³/mol. The number of carbonyl (C=O) groups is 1. The minimum atomic E-state index is -4.62. The number of ether oxygens (including phenoxy) is 2. The average molecular weight is 551 g/mol. The first-order valence-electron chi connectivity index (χ1n) is 13.0. The summed E-state index contributed by atoms with van der Waals surface area (Å²) in [7, 11) is 1.61. The summed E-state index contributed by atoms with van der Waals surface area (Å²) >= 11 is 0. The predicted octanol–water partition coefficient (Wildman–Crippen LogP) is 4.47. The van der Waals surface area contributed by atoms with Gasteiger partial charge in [0.15, 0.2) is 0 Å². The normalized spacial score (nSPS) is 33.8. The van der Waals surface area contributed by atoms with Gasteiger partial charge < -0.3 is 19.3 Å². The molecule has 212 valence electrons. The molecule has 3 saturated heterocycles. The zero-order valence-electron chi connectivity index (χ0n) is 21.1. The number of piperazine rings is 1. The fraction of sp³-hybridized carbons (Fsp3) is 0.800. The summed E-state index contributed by atoms with van der Waals surface area (Å²) in [6.45, 7) is 1.40. The van der Waals surface area contributed by atoms with Crippen molar-refractivity contribution >= 4 is 11.9 Å². The quantitative estimate of drug-likeness (QED) is 0.488. The van der Waals surface area contributed by atoms with E-state index in [2.05, 4.69) is 9.97 Å². The molecule has 0 spiro atoms. The van der Waals surface area contributed by atoms with Crippen molar-refractivity contribution in [2.45, 2.75) is 75.5 Å². The van der Waals surface area contributed by atoms with E-state index in [1.165, 1.54) is 4.90 Å². The molecule has 0 N–H and O–H groups in total. The molecule has 38 heavy (non-hydrogen) atoms. The zero-order chi connectivity index (χ0) is 27.3. The number of hydrogen-bond donors (Lipinski definition) is 0. The maximum atomic E-state index is 13.8. The van der Waals surface area contributed by atoms with Crippen LogP contribution in [0.4, 0.5) is 32.3 Å². The van der Waals surface area contributed by atoms with Crippen molar-refractivity contribution in [2.75, 3.05) is 38.3 Å². The minimum Gasteiger partial charge on any atom is -0.379 e. The van der Waals surface area contributed by atoms with Crippen LogP contribution in [0.2, 0.25) is 0 Å². The molecule has 6 atom stereocenters. The molecule has 1 aromatic heterocycles. The van der Waals surface area contributed by atoms with Crippen molar-refractivity contribution in [3.05, 3.63) is 18.0 Å². The van der Waals surface area contributed by atoms with Gasteiger partial charge in [0.05, 0.1) is 36.6 Å². The Morgan fingerprint density at radius 2 is 1.97 bits per heavy atom. The topological polar surface area (TPSA) is 67.8 Å². The maximum absolute atomic E-state index is 13.8. The van der Waals surface area contributed by atoms with E-state index in [1.807, 2.05) is 0 Å². The summed E-state index contributed by atoms with van der Waals surface area (Å²) in [4.78, 5) is 24.6. The summed E-state index contributed by atoms with van der Waals surface area (Å²) in [5, 5.41) is 0. The van der Waals surface area contributed by atoms with Gasteiger partial charge in [0.1, 0.15) is 5.69 Å². The van der Waals surface area contributed by atoms with Crippen molar-refractivity contribution in [1.82, 2.24) is 14.9 Å². The molecule has 0 radical (unpaired) electrons. The Kier molecular flexibility index (Phi) is 7.29. The third-order valence-corrected chi connectivity index (χ3v) is 8.77. The lowest BCUT2D eigenvalue weighted by Crippen LogP contribution is -2.54. The van der Waals surface area contributed by atoms with Gasteiger partial charge in [-0.1, -0.05) is 0 Å². The highest BCUT2D eigenvalue weighted by atomic mass is 19.4. The molecule has 2 bridgehead atoms. The lowest BCUT2D eigenvalue weighted by atomic mass is 9.78. The van der Waals surface area contributed by atoms with E-state index >= 15 is 0 Å². The lowest BCUT2D eigenvalue weighted by molar-refractivity contribution is -0.175. The second-order valence-corrected chi connectivity index (χ2v) is 11.2.